The van der Waals surface area contributed by atoms with Gasteiger partial charge in [0.25, 0.3) is 0 Å². The molecule has 0 radical (unpaired) electrons. The second-order valence-electron chi connectivity index (χ2n) is 5.46. The lowest BCUT2D eigenvalue weighted by Crippen LogP contribution is -2.33. The molecule has 0 unspecified atom stereocenters. The van der Waals surface area contributed by atoms with Gasteiger partial charge in [0, 0.05) is 35.4 Å². The summed E-state index contributed by atoms with van der Waals surface area (Å²) in [6.45, 7) is 10.8. The highest BCUT2D eigenvalue weighted by molar-refractivity contribution is 7.89. The quantitative estimate of drug-likeness (QED) is 0.723. The SMILES string of the molecule is CCN(C)CCNS(=O)(=O)c1cc(CNC(C)C)sc1C. The van der Waals surface area contributed by atoms with Crippen LogP contribution in [0.2, 0.25) is 0 Å². The number of sulfonamides is 1. The fraction of sp³-hybridized carbons (Fsp3) is 0.714. The number of nitrogens with zero attached hydrogens (tertiary/aromatic N) is 1. The zero-order valence-corrected chi connectivity index (χ0v) is 15.2. The van der Waals surface area contributed by atoms with Crippen molar-refractivity contribution in [1.82, 2.24) is 14.9 Å². The number of hydrogen-bond acceptors (Lipinski definition) is 5. The van der Waals surface area contributed by atoms with Gasteiger partial charge in [0.2, 0.25) is 10.0 Å². The van der Waals surface area contributed by atoms with E-state index in [9.17, 15) is 8.42 Å². The van der Waals surface area contributed by atoms with Crippen molar-refractivity contribution in [2.24, 2.45) is 0 Å². The molecule has 21 heavy (non-hydrogen) atoms. The molecular formula is C14H27N3O2S2. The van der Waals surface area contributed by atoms with Gasteiger partial charge in [0.1, 0.15) is 0 Å². The molecule has 0 aliphatic rings. The number of likely N-dealkylation sites (N-methyl/N-ethyl adjacent to an activating group) is 1. The van der Waals surface area contributed by atoms with Crippen LogP contribution >= 0.6 is 11.3 Å². The van der Waals surface area contributed by atoms with Crippen molar-refractivity contribution in [1.29, 1.82) is 0 Å². The maximum atomic E-state index is 12.3. The lowest BCUT2D eigenvalue weighted by Gasteiger charge is -2.14. The normalized spacial score (nSPS) is 12.5. The summed E-state index contributed by atoms with van der Waals surface area (Å²) in [5.41, 5.74) is 0. The minimum absolute atomic E-state index is 0.384. The van der Waals surface area contributed by atoms with E-state index in [-0.39, 0.29) is 0 Å². The Morgan fingerprint density at radius 2 is 2.05 bits per heavy atom. The third-order valence-corrected chi connectivity index (χ3v) is 5.99. The molecule has 1 rings (SSSR count). The van der Waals surface area contributed by atoms with E-state index < -0.39 is 10.0 Å². The van der Waals surface area contributed by atoms with Crippen LogP contribution in [-0.2, 0) is 16.6 Å². The predicted molar refractivity (Wildman–Crippen MR) is 89.4 cm³/mol. The van der Waals surface area contributed by atoms with E-state index in [1.807, 2.05) is 20.9 Å². The van der Waals surface area contributed by atoms with Gasteiger partial charge in [-0.2, -0.15) is 0 Å². The smallest absolute Gasteiger partial charge is 0.241 e. The summed E-state index contributed by atoms with van der Waals surface area (Å²) in [4.78, 5) is 4.37. The monoisotopic (exact) mass is 333 g/mol. The Labute approximate surface area is 132 Å². The number of hydrogen-bond donors (Lipinski definition) is 2. The van der Waals surface area contributed by atoms with Gasteiger partial charge in [-0.3, -0.25) is 0 Å². The van der Waals surface area contributed by atoms with Gasteiger partial charge < -0.3 is 10.2 Å². The van der Waals surface area contributed by atoms with Crippen LogP contribution in [0, 0.1) is 6.92 Å². The first-order valence-corrected chi connectivity index (χ1v) is 9.57. The summed E-state index contributed by atoms with van der Waals surface area (Å²) in [5, 5.41) is 3.31. The Hall–Kier alpha value is -0.470. The van der Waals surface area contributed by atoms with Crippen LogP contribution < -0.4 is 10.0 Å². The van der Waals surface area contributed by atoms with Crippen LogP contribution in [0.5, 0.6) is 0 Å². The van der Waals surface area contributed by atoms with E-state index in [0.29, 0.717) is 30.6 Å². The highest BCUT2D eigenvalue weighted by Crippen LogP contribution is 2.25. The number of rotatable bonds is 9. The van der Waals surface area contributed by atoms with Crippen molar-refractivity contribution in [3.8, 4) is 0 Å². The Kier molecular flexibility index (Phi) is 7.29. The van der Waals surface area contributed by atoms with E-state index in [1.54, 1.807) is 6.07 Å². The second kappa shape index (κ2) is 8.24. The average Bonchev–Trinajstić information content (AvgIpc) is 2.78. The van der Waals surface area contributed by atoms with E-state index >= 15 is 0 Å². The molecule has 1 aromatic rings. The molecule has 122 valence electrons. The fourth-order valence-corrected chi connectivity index (χ4v) is 4.39. The minimum Gasteiger partial charge on any atom is -0.310 e. The number of nitrogens with one attached hydrogen (secondary N) is 2. The zero-order chi connectivity index (χ0) is 16.0. The maximum Gasteiger partial charge on any atom is 0.241 e. The van der Waals surface area contributed by atoms with Gasteiger partial charge in [-0.05, 0) is 26.6 Å². The van der Waals surface area contributed by atoms with E-state index in [1.165, 1.54) is 11.3 Å². The molecule has 0 bridgehead atoms. The molecule has 0 fully saturated rings. The van der Waals surface area contributed by atoms with Gasteiger partial charge >= 0.3 is 0 Å². The van der Waals surface area contributed by atoms with Gasteiger partial charge in [-0.1, -0.05) is 20.8 Å². The van der Waals surface area contributed by atoms with Crippen LogP contribution in [0.3, 0.4) is 0 Å². The zero-order valence-electron chi connectivity index (χ0n) is 13.6. The lowest BCUT2D eigenvalue weighted by atomic mass is 10.3. The molecule has 0 aliphatic carbocycles. The van der Waals surface area contributed by atoms with Crippen LogP contribution in [-0.4, -0.2) is 46.0 Å². The molecule has 0 amide bonds. The van der Waals surface area contributed by atoms with Crippen molar-refractivity contribution in [3.05, 3.63) is 15.8 Å². The van der Waals surface area contributed by atoms with E-state index in [0.717, 1.165) is 16.3 Å². The lowest BCUT2D eigenvalue weighted by molar-refractivity contribution is 0.358. The van der Waals surface area contributed by atoms with Gasteiger partial charge in [-0.15, -0.1) is 11.3 Å². The van der Waals surface area contributed by atoms with Crippen LogP contribution in [0.25, 0.3) is 0 Å². The summed E-state index contributed by atoms with van der Waals surface area (Å²) in [6, 6.07) is 2.16. The first-order chi connectivity index (χ1) is 9.76. The first kappa shape index (κ1) is 18.6. The number of thiophene rings is 1. The van der Waals surface area contributed by atoms with Crippen molar-refractivity contribution < 1.29 is 8.42 Å². The highest BCUT2D eigenvalue weighted by atomic mass is 32.2. The Balaban J connectivity index is 2.70. The molecule has 0 aromatic carbocycles. The summed E-state index contributed by atoms with van der Waals surface area (Å²) in [6.07, 6.45) is 0. The summed E-state index contributed by atoms with van der Waals surface area (Å²) < 4.78 is 27.3. The molecule has 0 saturated carbocycles. The van der Waals surface area contributed by atoms with Gasteiger partial charge in [0.05, 0.1) is 4.90 Å². The van der Waals surface area contributed by atoms with Crippen molar-refractivity contribution in [2.75, 3.05) is 26.7 Å². The molecular weight excluding hydrogens is 306 g/mol. The topological polar surface area (TPSA) is 61.4 Å². The Morgan fingerprint density at radius 3 is 2.62 bits per heavy atom. The molecule has 0 atom stereocenters. The molecule has 5 nitrogen and oxygen atoms in total. The van der Waals surface area contributed by atoms with Crippen LogP contribution in [0.15, 0.2) is 11.0 Å². The van der Waals surface area contributed by atoms with Crippen LogP contribution in [0.4, 0.5) is 0 Å². The molecule has 0 aliphatic heterocycles. The van der Waals surface area contributed by atoms with E-state index in [4.69, 9.17) is 0 Å². The molecule has 1 aromatic heterocycles. The largest absolute Gasteiger partial charge is 0.310 e. The molecule has 1 heterocycles. The molecule has 7 heteroatoms. The minimum atomic E-state index is -3.41. The third-order valence-electron chi connectivity index (χ3n) is 3.22. The highest BCUT2D eigenvalue weighted by Gasteiger charge is 2.19. The first-order valence-electron chi connectivity index (χ1n) is 7.27. The molecule has 2 N–H and O–H groups in total. The maximum absolute atomic E-state index is 12.3. The molecule has 0 spiro atoms. The standard InChI is InChI=1S/C14H27N3O2S2/c1-6-17(5)8-7-16-21(18,19)14-9-13(20-12(14)4)10-15-11(2)3/h9,11,15-16H,6-8,10H2,1-5H3. The van der Waals surface area contributed by atoms with Crippen molar-refractivity contribution >= 4 is 21.4 Å². The predicted octanol–water partition coefficient (Wildman–Crippen LogP) is 1.78. The van der Waals surface area contributed by atoms with Gasteiger partial charge in [0.15, 0.2) is 0 Å². The third kappa shape index (κ3) is 6.04. The summed E-state index contributed by atoms with van der Waals surface area (Å²) >= 11 is 1.54. The average molecular weight is 334 g/mol. The van der Waals surface area contributed by atoms with Crippen molar-refractivity contribution in [3.63, 3.8) is 0 Å². The fourth-order valence-electron chi connectivity index (χ4n) is 1.79. The summed E-state index contributed by atoms with van der Waals surface area (Å²) in [7, 11) is -1.43. The van der Waals surface area contributed by atoms with Gasteiger partial charge in [-0.25, -0.2) is 13.1 Å². The van der Waals surface area contributed by atoms with Crippen LogP contribution in [0.1, 0.15) is 30.5 Å². The van der Waals surface area contributed by atoms with E-state index in [2.05, 4.69) is 28.8 Å². The second-order valence-corrected chi connectivity index (χ2v) is 8.54. The number of aryl methyl sites for hydroxylation is 1. The Bertz CT molecular complexity index is 538. The van der Waals surface area contributed by atoms with Crippen molar-refractivity contribution in [2.45, 2.75) is 45.2 Å². The Morgan fingerprint density at radius 1 is 1.38 bits per heavy atom. The summed E-state index contributed by atoms with van der Waals surface area (Å²) in [5.74, 6) is 0. The molecule has 0 saturated heterocycles.